The minimum absolute atomic E-state index is 0.0194. The molecule has 5 aromatic heterocycles. The van der Waals surface area contributed by atoms with E-state index < -0.39 is 0 Å². The predicted molar refractivity (Wildman–Crippen MR) is 273 cm³/mol. The number of hydrogen-bond donors (Lipinski definition) is 0. The summed E-state index contributed by atoms with van der Waals surface area (Å²) in [6, 6.07) is 62.2. The summed E-state index contributed by atoms with van der Waals surface area (Å²) >= 11 is 0. The average molecular weight is 885 g/mol. The maximum absolute atomic E-state index is 11.0. The van der Waals surface area contributed by atoms with E-state index in [-0.39, 0.29) is 33.6 Å². The second kappa shape index (κ2) is 13.8. The lowest BCUT2D eigenvalue weighted by Gasteiger charge is -2.18. The van der Waals surface area contributed by atoms with Gasteiger partial charge in [-0.05, 0) is 84.5 Å². The summed E-state index contributed by atoms with van der Waals surface area (Å²) in [5, 5.41) is 76.8. The van der Waals surface area contributed by atoms with Crippen LogP contribution in [0.2, 0.25) is 0 Å². The van der Waals surface area contributed by atoms with E-state index in [9.17, 15) is 31.6 Å². The molecule has 0 fully saturated rings. The van der Waals surface area contributed by atoms with Crippen LogP contribution in [0.4, 0.5) is 0 Å². The number of hydrogen-bond acceptors (Lipinski definition) is 8. The first kappa shape index (κ1) is 38.4. The van der Waals surface area contributed by atoms with E-state index in [1.54, 1.807) is 0 Å². The van der Waals surface area contributed by atoms with Crippen LogP contribution in [0, 0.1) is 68.0 Å². The molecule has 14 rings (SSSR count). The van der Waals surface area contributed by atoms with Crippen molar-refractivity contribution in [2.45, 2.75) is 0 Å². The monoisotopic (exact) mass is 884 g/mol. The third kappa shape index (κ3) is 4.73. The van der Waals surface area contributed by atoms with Crippen molar-refractivity contribution in [1.82, 2.24) is 18.8 Å². The highest BCUT2D eigenvalue weighted by atomic mass is 15.0. The number of aromatic nitrogens is 4. The highest BCUT2D eigenvalue weighted by Crippen LogP contribution is 2.48. The number of fused-ring (bicyclic) bond motifs is 26. The molecule has 10 nitrogen and oxygen atoms in total. The van der Waals surface area contributed by atoms with Gasteiger partial charge in [0.05, 0.1) is 49.8 Å². The predicted octanol–water partition coefficient (Wildman–Crippen LogP) is 13.4. The van der Waals surface area contributed by atoms with Crippen molar-refractivity contribution in [2.75, 3.05) is 0 Å². The molecule has 0 atom stereocenters. The Hall–Kier alpha value is -10.9. The third-order valence-electron chi connectivity index (χ3n) is 14.3. The number of para-hydroxylation sites is 1. The standard InChI is InChI=1S/C60H24N10/c61-25-43-44(26-62)46(28-64)59-57(45(43)27-63)55-40-15-7-3-11-36(40)35-10-2-5-13-38(35)53(55)51-24-34-18-17-32(22-50(34)69(51)59)31-19-20-41-42(21-31)37-12-4-6-14-39(37)54-52-23-33-9-1-8-16-49(33)70(52)60-58(56(41)54)67-47(29-65)48(30-66)68-60/h1-24H. The molecule has 70 heavy (non-hydrogen) atoms. The normalized spacial score (nSPS) is 11.6. The zero-order valence-electron chi connectivity index (χ0n) is 36.3. The molecule has 0 aliphatic heterocycles. The number of nitrogens with zero attached hydrogens (tertiary/aromatic N) is 10. The molecular weight excluding hydrogens is 861 g/mol. The van der Waals surface area contributed by atoms with Gasteiger partial charge in [0, 0.05) is 37.7 Å². The van der Waals surface area contributed by atoms with Crippen molar-refractivity contribution >= 4 is 120 Å². The van der Waals surface area contributed by atoms with Gasteiger partial charge in [0.1, 0.15) is 41.9 Å². The largest absolute Gasteiger partial charge is 0.307 e. The van der Waals surface area contributed by atoms with Gasteiger partial charge in [0.15, 0.2) is 17.0 Å². The number of rotatable bonds is 1. The van der Waals surface area contributed by atoms with E-state index in [2.05, 4.69) is 109 Å². The molecule has 0 amide bonds. The van der Waals surface area contributed by atoms with Crippen LogP contribution in [0.15, 0.2) is 146 Å². The van der Waals surface area contributed by atoms with Gasteiger partial charge in [-0.15, -0.1) is 0 Å². The van der Waals surface area contributed by atoms with Crippen molar-refractivity contribution in [3.63, 3.8) is 0 Å². The Balaban J connectivity index is 1.14. The average Bonchev–Trinajstić information content (AvgIpc) is 4.00. The smallest absolute Gasteiger partial charge is 0.179 e. The van der Waals surface area contributed by atoms with Gasteiger partial charge < -0.3 is 4.40 Å². The van der Waals surface area contributed by atoms with E-state index >= 15 is 0 Å². The van der Waals surface area contributed by atoms with E-state index in [4.69, 9.17) is 9.97 Å². The van der Waals surface area contributed by atoms with Crippen molar-refractivity contribution in [2.24, 2.45) is 0 Å². The van der Waals surface area contributed by atoms with Crippen LogP contribution in [-0.2, 0) is 0 Å². The van der Waals surface area contributed by atoms with Gasteiger partial charge in [-0.3, -0.25) is 4.40 Å². The number of pyridine rings is 2. The van der Waals surface area contributed by atoms with Gasteiger partial charge in [-0.1, -0.05) is 115 Å². The first-order valence-electron chi connectivity index (χ1n) is 22.3. The molecule has 0 N–H and O–H groups in total. The molecule has 0 aliphatic rings. The Morgan fingerprint density at radius 1 is 0.329 bits per heavy atom. The second-order valence-corrected chi connectivity index (χ2v) is 17.4. The topological polar surface area (TPSA) is 177 Å². The Kier molecular flexibility index (Phi) is 7.58. The first-order valence-corrected chi connectivity index (χ1v) is 22.3. The zero-order valence-corrected chi connectivity index (χ0v) is 36.3. The van der Waals surface area contributed by atoms with Gasteiger partial charge in [-0.2, -0.15) is 31.6 Å². The Bertz CT molecular complexity index is 5150. The lowest BCUT2D eigenvalue weighted by molar-refractivity contribution is 1.15. The van der Waals surface area contributed by atoms with E-state index in [0.717, 1.165) is 109 Å². The molecule has 314 valence electrons. The highest BCUT2D eigenvalue weighted by Gasteiger charge is 2.28. The van der Waals surface area contributed by atoms with Crippen molar-refractivity contribution in [3.8, 4) is 47.5 Å². The summed E-state index contributed by atoms with van der Waals surface area (Å²) < 4.78 is 4.05. The minimum Gasteiger partial charge on any atom is -0.307 e. The van der Waals surface area contributed by atoms with Gasteiger partial charge >= 0.3 is 0 Å². The van der Waals surface area contributed by atoms with Gasteiger partial charge in [0.25, 0.3) is 0 Å². The Labute approximate surface area is 395 Å². The quantitative estimate of drug-likeness (QED) is 0.146. The molecular formula is C60H24N10. The van der Waals surface area contributed by atoms with Crippen LogP contribution >= 0.6 is 0 Å². The molecule has 10 heteroatoms. The van der Waals surface area contributed by atoms with Crippen LogP contribution in [0.5, 0.6) is 0 Å². The Morgan fingerprint density at radius 3 is 1.49 bits per heavy atom. The molecule has 0 aliphatic carbocycles. The molecule has 9 aromatic carbocycles. The molecule has 14 aromatic rings. The Morgan fingerprint density at radius 2 is 0.829 bits per heavy atom. The van der Waals surface area contributed by atoms with E-state index in [1.807, 2.05) is 81.6 Å². The third-order valence-corrected chi connectivity index (χ3v) is 14.3. The molecule has 0 saturated carbocycles. The summed E-state index contributed by atoms with van der Waals surface area (Å²) in [6.07, 6.45) is 0. The van der Waals surface area contributed by atoms with Crippen LogP contribution in [0.1, 0.15) is 33.6 Å². The van der Waals surface area contributed by atoms with E-state index in [0.29, 0.717) is 22.1 Å². The van der Waals surface area contributed by atoms with Gasteiger partial charge in [0.2, 0.25) is 0 Å². The van der Waals surface area contributed by atoms with Crippen LogP contribution in [0.25, 0.3) is 131 Å². The summed E-state index contributed by atoms with van der Waals surface area (Å²) in [5.41, 5.74) is 6.17. The summed E-state index contributed by atoms with van der Waals surface area (Å²) in [6.45, 7) is 0. The summed E-state index contributed by atoms with van der Waals surface area (Å²) in [4.78, 5) is 9.73. The molecule has 0 spiro atoms. The number of benzene rings is 9. The van der Waals surface area contributed by atoms with Crippen LogP contribution in [-0.4, -0.2) is 18.8 Å². The number of nitriles is 6. The zero-order chi connectivity index (χ0) is 47.1. The molecule has 0 bridgehead atoms. The fourth-order valence-corrected chi connectivity index (χ4v) is 11.5. The lowest BCUT2D eigenvalue weighted by Crippen LogP contribution is -2.03. The van der Waals surface area contributed by atoms with Gasteiger partial charge in [-0.25, -0.2) is 9.97 Å². The maximum Gasteiger partial charge on any atom is 0.179 e. The highest BCUT2D eigenvalue weighted by molar-refractivity contribution is 6.37. The molecule has 0 radical (unpaired) electrons. The molecule has 5 heterocycles. The molecule has 0 unspecified atom stereocenters. The van der Waals surface area contributed by atoms with Crippen molar-refractivity contribution in [3.05, 3.63) is 179 Å². The maximum atomic E-state index is 11.0. The lowest BCUT2D eigenvalue weighted by atomic mass is 9.86. The molecule has 0 saturated heterocycles. The van der Waals surface area contributed by atoms with Crippen LogP contribution < -0.4 is 0 Å². The van der Waals surface area contributed by atoms with E-state index in [1.165, 1.54) is 0 Å². The summed E-state index contributed by atoms with van der Waals surface area (Å²) in [7, 11) is 0. The first-order chi connectivity index (χ1) is 34.5. The fourth-order valence-electron chi connectivity index (χ4n) is 11.5. The minimum atomic E-state index is -0.139. The van der Waals surface area contributed by atoms with Crippen molar-refractivity contribution in [1.29, 1.82) is 31.6 Å². The summed E-state index contributed by atoms with van der Waals surface area (Å²) in [5.74, 6) is 0. The van der Waals surface area contributed by atoms with Crippen molar-refractivity contribution < 1.29 is 0 Å². The fraction of sp³-hybridized carbons (Fsp3) is 0. The second-order valence-electron chi connectivity index (χ2n) is 17.4. The van der Waals surface area contributed by atoms with Crippen LogP contribution in [0.3, 0.4) is 0 Å². The SMILES string of the molecule is N#Cc1nc2c3c4ccc(-c5ccc6cc7c8c9ccccc9c9ccccc9c8c8c(C#N)c(C#N)c(C#N)c(C#N)c8n7c6c5)cc4c4ccccc4c3c3cc4ccccc4n3c2nc1C#N.